The SMILES string of the molecule is COC(=O)C(C)NC(=O)c1ccc(Cl)c(S(=O)(=O)N(C)C)c1. The number of rotatable bonds is 5. The van der Waals surface area contributed by atoms with Crippen molar-refractivity contribution in [3.05, 3.63) is 28.8 Å². The zero-order valence-electron chi connectivity index (χ0n) is 12.6. The molecule has 0 saturated heterocycles. The highest BCUT2D eigenvalue weighted by atomic mass is 35.5. The maximum absolute atomic E-state index is 12.1. The van der Waals surface area contributed by atoms with Crippen molar-refractivity contribution in [2.45, 2.75) is 17.9 Å². The quantitative estimate of drug-likeness (QED) is 0.797. The largest absolute Gasteiger partial charge is 0.467 e. The summed E-state index contributed by atoms with van der Waals surface area (Å²) in [5.74, 6) is -1.21. The molecular formula is C13H17ClN2O5S. The summed E-state index contributed by atoms with van der Waals surface area (Å²) in [6, 6.07) is 2.99. The van der Waals surface area contributed by atoms with Crippen LogP contribution in [0.5, 0.6) is 0 Å². The molecule has 0 saturated carbocycles. The molecule has 0 radical (unpaired) electrons. The molecule has 0 spiro atoms. The van der Waals surface area contributed by atoms with Crippen molar-refractivity contribution in [2.75, 3.05) is 21.2 Å². The molecule has 0 heterocycles. The van der Waals surface area contributed by atoms with Gasteiger partial charge in [-0.1, -0.05) is 11.6 Å². The summed E-state index contributed by atoms with van der Waals surface area (Å²) in [5.41, 5.74) is 0.0700. The molecule has 7 nitrogen and oxygen atoms in total. The molecule has 1 atom stereocenters. The number of sulfonamides is 1. The van der Waals surface area contributed by atoms with Gasteiger partial charge in [0.15, 0.2) is 0 Å². The lowest BCUT2D eigenvalue weighted by Crippen LogP contribution is -2.39. The van der Waals surface area contributed by atoms with Crippen molar-refractivity contribution < 1.29 is 22.7 Å². The maximum atomic E-state index is 12.1. The molecule has 1 aromatic carbocycles. The Morgan fingerprint density at radius 3 is 2.41 bits per heavy atom. The molecule has 0 aliphatic carbocycles. The van der Waals surface area contributed by atoms with Crippen molar-refractivity contribution in [1.82, 2.24) is 9.62 Å². The highest BCUT2D eigenvalue weighted by molar-refractivity contribution is 7.89. The van der Waals surface area contributed by atoms with E-state index in [0.29, 0.717) is 0 Å². The van der Waals surface area contributed by atoms with Gasteiger partial charge in [0.2, 0.25) is 10.0 Å². The normalized spacial score (nSPS) is 12.8. The number of ether oxygens (including phenoxy) is 1. The first-order chi connectivity index (χ1) is 10.1. The molecule has 0 fully saturated rings. The molecule has 0 bridgehead atoms. The van der Waals surface area contributed by atoms with Crippen LogP contribution in [0.1, 0.15) is 17.3 Å². The fourth-order valence-corrected chi connectivity index (χ4v) is 2.95. The number of carbonyl (C=O) groups is 2. The van der Waals surface area contributed by atoms with Crippen LogP contribution in [0.3, 0.4) is 0 Å². The third-order valence-corrected chi connectivity index (χ3v) is 5.15. The van der Waals surface area contributed by atoms with Crippen LogP contribution in [-0.2, 0) is 19.6 Å². The average Bonchev–Trinajstić information content (AvgIpc) is 2.46. The molecule has 0 aliphatic rings. The van der Waals surface area contributed by atoms with E-state index in [1.54, 1.807) is 0 Å². The van der Waals surface area contributed by atoms with E-state index < -0.39 is 27.9 Å². The van der Waals surface area contributed by atoms with Crippen LogP contribution in [-0.4, -0.2) is 51.8 Å². The minimum absolute atomic E-state index is 0.00580. The number of carbonyl (C=O) groups excluding carboxylic acids is 2. The fraction of sp³-hybridized carbons (Fsp3) is 0.385. The molecule has 22 heavy (non-hydrogen) atoms. The Kier molecular flexibility index (Phi) is 5.92. The molecular weight excluding hydrogens is 332 g/mol. The number of esters is 1. The van der Waals surface area contributed by atoms with E-state index in [9.17, 15) is 18.0 Å². The van der Waals surface area contributed by atoms with Gasteiger partial charge < -0.3 is 10.1 Å². The lowest BCUT2D eigenvalue weighted by Gasteiger charge is -2.15. The highest BCUT2D eigenvalue weighted by Gasteiger charge is 2.23. The van der Waals surface area contributed by atoms with Gasteiger partial charge in [-0.15, -0.1) is 0 Å². The molecule has 1 amide bonds. The second-order valence-corrected chi connectivity index (χ2v) is 7.18. The standard InChI is InChI=1S/C13H17ClN2O5S/c1-8(13(18)21-4)15-12(17)9-5-6-10(14)11(7-9)22(19,20)16(2)3/h5-8H,1-4H3,(H,15,17). The van der Waals surface area contributed by atoms with Crippen LogP contribution in [0, 0.1) is 0 Å². The zero-order valence-corrected chi connectivity index (χ0v) is 14.2. The first kappa shape index (κ1) is 18.4. The molecule has 1 rings (SSSR count). The first-order valence-corrected chi connectivity index (χ1v) is 8.03. The highest BCUT2D eigenvalue weighted by Crippen LogP contribution is 2.24. The maximum Gasteiger partial charge on any atom is 0.328 e. The number of benzene rings is 1. The molecule has 1 N–H and O–H groups in total. The van der Waals surface area contributed by atoms with Crippen LogP contribution in [0.4, 0.5) is 0 Å². The minimum atomic E-state index is -3.78. The van der Waals surface area contributed by atoms with Gasteiger partial charge in [-0.25, -0.2) is 17.5 Å². The van der Waals surface area contributed by atoms with Crippen LogP contribution in [0.2, 0.25) is 5.02 Å². The lowest BCUT2D eigenvalue weighted by atomic mass is 10.2. The second-order valence-electron chi connectivity index (χ2n) is 4.65. The average molecular weight is 349 g/mol. The summed E-state index contributed by atoms with van der Waals surface area (Å²) in [6.07, 6.45) is 0. The third kappa shape index (κ3) is 3.96. The van der Waals surface area contributed by atoms with Crippen molar-refractivity contribution >= 4 is 33.5 Å². The first-order valence-electron chi connectivity index (χ1n) is 6.22. The summed E-state index contributed by atoms with van der Waals surface area (Å²) in [5, 5.41) is 2.42. The Morgan fingerprint density at radius 2 is 1.91 bits per heavy atom. The molecule has 0 aliphatic heterocycles. The summed E-state index contributed by atoms with van der Waals surface area (Å²) in [7, 11) is 0.138. The van der Waals surface area contributed by atoms with Crippen LogP contribution in [0.25, 0.3) is 0 Å². The number of halogens is 1. The van der Waals surface area contributed by atoms with E-state index in [4.69, 9.17) is 11.6 Å². The Balaban J connectivity index is 3.14. The van der Waals surface area contributed by atoms with Crippen LogP contribution >= 0.6 is 11.6 Å². The molecule has 9 heteroatoms. The smallest absolute Gasteiger partial charge is 0.328 e. The summed E-state index contributed by atoms with van der Waals surface area (Å²) in [6.45, 7) is 1.46. The van der Waals surface area contributed by atoms with Gasteiger partial charge in [0.1, 0.15) is 10.9 Å². The van der Waals surface area contributed by atoms with Gasteiger partial charge in [0.05, 0.1) is 12.1 Å². The number of hydrogen-bond acceptors (Lipinski definition) is 5. The predicted molar refractivity (Wildman–Crippen MR) is 81.3 cm³/mol. The van der Waals surface area contributed by atoms with Gasteiger partial charge >= 0.3 is 5.97 Å². The van der Waals surface area contributed by atoms with E-state index in [-0.39, 0.29) is 15.5 Å². The number of nitrogens with one attached hydrogen (secondary N) is 1. The van der Waals surface area contributed by atoms with Crippen molar-refractivity contribution in [1.29, 1.82) is 0 Å². The van der Waals surface area contributed by atoms with Crippen molar-refractivity contribution in [3.63, 3.8) is 0 Å². The van der Waals surface area contributed by atoms with Gasteiger partial charge in [-0.2, -0.15) is 0 Å². The van der Waals surface area contributed by atoms with Gasteiger partial charge in [-0.05, 0) is 25.1 Å². The molecule has 0 aromatic heterocycles. The van der Waals surface area contributed by atoms with E-state index >= 15 is 0 Å². The van der Waals surface area contributed by atoms with E-state index in [2.05, 4.69) is 10.1 Å². The predicted octanol–water partition coefficient (Wildman–Crippen LogP) is 0.882. The lowest BCUT2D eigenvalue weighted by molar-refractivity contribution is -0.142. The zero-order chi connectivity index (χ0) is 17.1. The second kappa shape index (κ2) is 7.08. The molecule has 1 aromatic rings. The van der Waals surface area contributed by atoms with Gasteiger partial charge in [0.25, 0.3) is 5.91 Å². The Labute approximate surface area is 134 Å². The van der Waals surface area contributed by atoms with E-state index in [0.717, 1.165) is 10.4 Å². The van der Waals surface area contributed by atoms with Gasteiger partial charge in [-0.3, -0.25) is 4.79 Å². The number of amides is 1. The third-order valence-electron chi connectivity index (χ3n) is 2.85. The van der Waals surface area contributed by atoms with Crippen molar-refractivity contribution in [2.24, 2.45) is 0 Å². The minimum Gasteiger partial charge on any atom is -0.467 e. The van der Waals surface area contributed by atoms with E-state index in [1.807, 2.05) is 0 Å². The molecule has 122 valence electrons. The van der Waals surface area contributed by atoms with Crippen molar-refractivity contribution in [3.8, 4) is 0 Å². The topological polar surface area (TPSA) is 92.8 Å². The van der Waals surface area contributed by atoms with Gasteiger partial charge in [0, 0.05) is 19.7 Å². The monoisotopic (exact) mass is 348 g/mol. The van der Waals surface area contributed by atoms with E-state index in [1.165, 1.54) is 40.3 Å². The summed E-state index contributed by atoms with van der Waals surface area (Å²) in [4.78, 5) is 23.2. The summed E-state index contributed by atoms with van der Waals surface area (Å²) < 4.78 is 29.8. The van der Waals surface area contributed by atoms with Crippen LogP contribution < -0.4 is 5.32 Å². The summed E-state index contributed by atoms with van der Waals surface area (Å²) >= 11 is 5.90. The Hall–Kier alpha value is -1.64. The Morgan fingerprint density at radius 1 is 1.32 bits per heavy atom. The van der Waals surface area contributed by atoms with Crippen LogP contribution in [0.15, 0.2) is 23.1 Å². The Bertz CT molecular complexity index is 688. The number of hydrogen-bond donors (Lipinski definition) is 1. The number of methoxy groups -OCH3 is 1. The number of nitrogens with zero attached hydrogens (tertiary/aromatic N) is 1. The molecule has 1 unspecified atom stereocenters. The fourth-order valence-electron chi connectivity index (χ4n) is 1.55.